The molecule has 0 radical (unpaired) electrons. The van der Waals surface area contributed by atoms with E-state index in [1.54, 1.807) is 29.6 Å². The first-order chi connectivity index (χ1) is 49.9. The summed E-state index contributed by atoms with van der Waals surface area (Å²) in [7, 11) is 6.54. The Morgan fingerprint density at radius 1 is 0.317 bits per heavy atom. The van der Waals surface area contributed by atoms with E-state index in [4.69, 9.17) is 19.1 Å². The van der Waals surface area contributed by atoms with E-state index < -0.39 is 0 Å². The highest BCUT2D eigenvalue weighted by Crippen LogP contribution is 2.32. The number of nitrogens with zero attached hydrogens (tertiary/aromatic N) is 5. The Balaban J connectivity index is -0.0000000578. The van der Waals surface area contributed by atoms with Crippen LogP contribution in [0.15, 0.2) is 152 Å². The average molecular weight is 1460 g/mol. The number of carbonyl (C=O) groups is 2. The van der Waals surface area contributed by atoms with Crippen molar-refractivity contribution in [1.82, 2.24) is 30.0 Å². The van der Waals surface area contributed by atoms with Crippen molar-refractivity contribution >= 4 is 13.6 Å². The quantitative estimate of drug-likeness (QED) is 0.158. The Bertz CT molecular complexity index is 2020. The van der Waals surface area contributed by atoms with E-state index in [-0.39, 0.29) is 22.3 Å². The third kappa shape index (κ3) is 92.0. The fourth-order valence-electron chi connectivity index (χ4n) is 8.34. The number of rotatable bonds is 0. The summed E-state index contributed by atoms with van der Waals surface area (Å²) in [5, 5.41) is 3.28. The molecule has 6 aliphatic rings. The van der Waals surface area contributed by atoms with Gasteiger partial charge in [-0.2, -0.15) is 0 Å². The molecule has 12 rings (SSSR count). The minimum absolute atomic E-state index is 0. The van der Waals surface area contributed by atoms with Crippen LogP contribution < -0.4 is 14.8 Å². The van der Waals surface area contributed by atoms with Crippen LogP contribution in [0.2, 0.25) is 0 Å². The van der Waals surface area contributed by atoms with Gasteiger partial charge < -0.3 is 39.1 Å². The molecule has 1 N–H and O–H groups in total. The molecular weight excluding hydrogens is 1280 g/mol. The number of likely N-dealkylation sites (tertiary alicyclic amines) is 1. The number of hydrogen-bond donors (Lipinski definition) is 1. The average Bonchev–Trinajstić information content (AvgIpc) is 1.70. The molecule has 1 aromatic heterocycles. The van der Waals surface area contributed by atoms with Crippen LogP contribution >= 0.6 is 0 Å². The molecule has 10 nitrogen and oxygen atoms in total. The molecule has 4 aliphatic heterocycles. The van der Waals surface area contributed by atoms with E-state index in [2.05, 4.69) is 124 Å². The molecule has 0 bridgehead atoms. The summed E-state index contributed by atoms with van der Waals surface area (Å²) in [4.78, 5) is 30.5. The topological polar surface area (TPSA) is 100 Å². The molecule has 5 aromatic carbocycles. The third-order valence-corrected chi connectivity index (χ3v) is 12.5. The lowest BCUT2D eigenvalue weighted by Gasteiger charge is -2.28. The van der Waals surface area contributed by atoms with Crippen molar-refractivity contribution in [3.8, 4) is 11.5 Å². The second-order valence-corrected chi connectivity index (χ2v) is 18.0. The number of aromatic nitrogens is 2. The number of hydrogen-bond acceptors (Lipinski definition) is 10. The molecule has 6 aromatic rings. The summed E-state index contributed by atoms with van der Waals surface area (Å²) in [5.74, 6) is 1.71. The van der Waals surface area contributed by atoms with Gasteiger partial charge in [0, 0.05) is 38.6 Å². The lowest BCUT2D eigenvalue weighted by Crippen LogP contribution is -2.42. The number of aryl methyl sites for hydroxylation is 5. The van der Waals surface area contributed by atoms with E-state index in [0.717, 1.165) is 17.9 Å². The zero-order valence-corrected chi connectivity index (χ0v) is 73.6. The van der Waals surface area contributed by atoms with Crippen molar-refractivity contribution in [1.29, 1.82) is 0 Å². The van der Waals surface area contributed by atoms with Crippen LogP contribution in [0.5, 0.6) is 11.5 Å². The summed E-state index contributed by atoms with van der Waals surface area (Å²) in [5.41, 5.74) is 10.4. The van der Waals surface area contributed by atoms with Crippen molar-refractivity contribution < 1.29 is 19.1 Å². The second kappa shape index (κ2) is 136. The minimum atomic E-state index is 0. The van der Waals surface area contributed by atoms with E-state index >= 15 is 0 Å². The van der Waals surface area contributed by atoms with Gasteiger partial charge in [0.25, 0.3) is 0 Å². The monoisotopic (exact) mass is 1460 g/mol. The Morgan fingerprint density at radius 2 is 0.596 bits per heavy atom. The van der Waals surface area contributed by atoms with Gasteiger partial charge in [0.05, 0.1) is 0 Å². The highest BCUT2D eigenvalue weighted by atomic mass is 16.7. The number of nitrogens with one attached hydrogen (secondary N) is 1. The fourth-order valence-corrected chi connectivity index (χ4v) is 8.34. The summed E-state index contributed by atoms with van der Waals surface area (Å²) in [6.07, 6.45) is 20.8. The van der Waals surface area contributed by atoms with Crippen LogP contribution in [0.25, 0.3) is 0 Å². The molecule has 10 heteroatoms. The van der Waals surface area contributed by atoms with Crippen molar-refractivity contribution in [3.63, 3.8) is 0 Å². The van der Waals surface area contributed by atoms with E-state index in [9.17, 15) is 0 Å². The Hall–Kier alpha value is -6.04. The highest BCUT2D eigenvalue weighted by Gasteiger charge is 2.13. The van der Waals surface area contributed by atoms with Crippen LogP contribution in [-0.2, 0) is 41.7 Å². The van der Waals surface area contributed by atoms with Gasteiger partial charge in [-0.25, -0.2) is 9.97 Å². The van der Waals surface area contributed by atoms with Crippen molar-refractivity contribution in [2.24, 2.45) is 0 Å². The van der Waals surface area contributed by atoms with Crippen LogP contribution in [0.3, 0.4) is 0 Å². The second-order valence-electron chi connectivity index (χ2n) is 18.0. The predicted molar refractivity (Wildman–Crippen MR) is 485 cm³/mol. The van der Waals surface area contributed by atoms with Gasteiger partial charge in [-0.3, -0.25) is 0 Å². The maximum atomic E-state index is 8.00. The van der Waals surface area contributed by atoms with Crippen LogP contribution in [-0.4, -0.2) is 119 Å². The van der Waals surface area contributed by atoms with Crippen molar-refractivity contribution in [2.45, 2.75) is 314 Å². The first kappa shape index (κ1) is 137. The Morgan fingerprint density at radius 3 is 0.846 bits per heavy atom. The largest absolute Gasteiger partial charge is 0.454 e. The van der Waals surface area contributed by atoms with Gasteiger partial charge in [-0.1, -0.05) is 358 Å². The number of carbonyl (C=O) groups excluding carboxylic acids is 2. The van der Waals surface area contributed by atoms with Crippen LogP contribution in [0.4, 0.5) is 0 Å². The van der Waals surface area contributed by atoms with E-state index in [1.165, 1.54) is 157 Å². The maximum absolute atomic E-state index is 8.00. The number of benzene rings is 5. The number of fused-ring (bicyclic) bond motifs is 4. The van der Waals surface area contributed by atoms with Crippen LogP contribution in [0, 0.1) is 6.92 Å². The predicted octanol–water partition coefficient (Wildman–Crippen LogP) is 28.1. The summed E-state index contributed by atoms with van der Waals surface area (Å²) in [6.45, 7) is 76.5. The molecule has 0 atom stereocenters. The lowest BCUT2D eigenvalue weighted by atomic mass is 10.0. The Kier molecular flexibility index (Phi) is 180. The number of piperazine rings is 1. The van der Waals surface area contributed by atoms with Gasteiger partial charge in [0.1, 0.15) is 19.9 Å². The summed E-state index contributed by atoms with van der Waals surface area (Å²) in [6, 6.07) is 46.1. The first-order valence-corrected chi connectivity index (χ1v) is 40.5. The van der Waals surface area contributed by atoms with Gasteiger partial charge in [-0.05, 0) is 176 Å². The standard InChI is InChI=1S/C15H14.C9H10.C8H8O2.C6H14N2.C6H13N.C6H6.C5H11N.C4H4N2.15C2H6.2CH2O.3CH4/c1-3-7-14-11-15-8-4-2-6-13(15)10-9-12(14)5-1;1-2-5-9-7-3-6-8(9)4-1;1-6-2-3-7-8(4-6)10-5-9-7;1-7-3-5-8(2)6-4-7;1-7-5-3-2-4-6-7;2*1-2-4-6-5-3-1;1-2-5-4-6-3-1;17*1-2;;;/h1-8H,9-11H2;1-2,4-5H,3,6-7H2;2-4H,5H2,1H3;3-6H2,1-2H3;2-6H2,1H3;1-6H;6H,1-5H2;1-4H;15*1-2H3;2*1H2;3*1H4. The summed E-state index contributed by atoms with van der Waals surface area (Å²) >= 11 is 0. The van der Waals surface area contributed by atoms with Gasteiger partial charge >= 0.3 is 0 Å². The molecule has 0 unspecified atom stereocenters. The van der Waals surface area contributed by atoms with Crippen molar-refractivity contribution in [3.05, 3.63) is 191 Å². The molecule has 0 amide bonds. The number of likely N-dealkylation sites (N-methyl/N-ethyl adjacent to an activating group) is 2. The zero-order chi connectivity index (χ0) is 81.0. The number of ether oxygens (including phenoxy) is 2. The smallest absolute Gasteiger partial charge is 0.231 e. The molecule has 0 saturated carbocycles. The molecule has 3 saturated heterocycles. The van der Waals surface area contributed by atoms with Crippen molar-refractivity contribution in [2.75, 3.05) is 80.3 Å². The molecule has 104 heavy (non-hydrogen) atoms. The molecule has 3 fully saturated rings. The highest BCUT2D eigenvalue weighted by molar-refractivity contribution is 5.44. The molecule has 2 aliphatic carbocycles. The van der Waals surface area contributed by atoms with E-state index in [1.807, 2.05) is 283 Å². The molecule has 0 spiro atoms. The SMILES string of the molecule is C.C.C.C1CCNCC1.C=O.C=O.CC.CC.CC.CC.CC.CC.CC.CC.CC.CC.CC.CC.CC.CC.CC.CN1CCCCC1.CN1CCN(C)CC1.Cc1ccc2c(c1)OCO2.c1ccc2c(c1)CCC2.c1ccc2c(c1)CCc1ccccc1C2.c1ccccc1.c1cncnc1. The van der Waals surface area contributed by atoms with Gasteiger partial charge in [0.15, 0.2) is 11.5 Å². The fraction of sp³-hybridized carbons (Fsp3) is 0.617. The van der Waals surface area contributed by atoms with Gasteiger partial charge in [0.2, 0.25) is 6.79 Å². The molecule has 616 valence electrons. The number of piperidine rings is 2. The zero-order valence-electron chi connectivity index (χ0n) is 73.6. The molecule has 5 heterocycles. The normalized spacial score (nSPS) is 11.6. The van der Waals surface area contributed by atoms with E-state index in [0.29, 0.717) is 6.79 Å². The maximum Gasteiger partial charge on any atom is 0.231 e. The summed E-state index contributed by atoms with van der Waals surface area (Å²) < 4.78 is 10.3. The Labute approximate surface area is 656 Å². The third-order valence-electron chi connectivity index (χ3n) is 12.5. The van der Waals surface area contributed by atoms with Gasteiger partial charge in [-0.15, -0.1) is 0 Å². The first-order valence-electron chi connectivity index (χ1n) is 40.5. The molecular formula is C94H186N6O4. The lowest BCUT2D eigenvalue weighted by molar-refractivity contribution is -0.0987. The van der Waals surface area contributed by atoms with Crippen LogP contribution in [0.1, 0.15) is 314 Å². The minimum Gasteiger partial charge on any atom is -0.454 e.